The average Bonchev–Trinajstić information content (AvgIpc) is 3.00. The zero-order chi connectivity index (χ0) is 18.9. The van der Waals surface area contributed by atoms with E-state index in [1.54, 1.807) is 0 Å². The fourth-order valence-corrected chi connectivity index (χ4v) is 3.76. The molecule has 2 unspecified atom stereocenters. The van der Waals surface area contributed by atoms with E-state index >= 15 is 0 Å². The maximum absolute atomic E-state index is 12.8. The number of likely N-dealkylation sites (tertiary alicyclic amines) is 1. The average molecular weight is 360 g/mol. The molecule has 1 spiro atoms. The van der Waals surface area contributed by atoms with Crippen molar-refractivity contribution in [2.75, 3.05) is 6.54 Å². The fraction of sp³-hybridized carbons (Fsp3) is 0.500. The van der Waals surface area contributed by atoms with E-state index in [1.165, 1.54) is 6.92 Å². The first-order valence-electron chi connectivity index (χ1n) is 8.72. The molecule has 2 aliphatic heterocycles. The Balaban J connectivity index is 1.81. The second kappa shape index (κ2) is 7.05. The van der Waals surface area contributed by atoms with Gasteiger partial charge < -0.3 is 21.5 Å². The van der Waals surface area contributed by atoms with E-state index in [9.17, 15) is 19.5 Å². The molecule has 0 aromatic heterocycles. The number of aliphatic hydroxyl groups is 1. The number of nitrogens with one attached hydrogen (secondary N) is 2. The van der Waals surface area contributed by atoms with Crippen LogP contribution in [-0.4, -0.2) is 58.0 Å². The quantitative estimate of drug-likeness (QED) is 0.478. The number of nitrogens with zero attached hydrogens (tertiary/aromatic N) is 1. The topological polar surface area (TPSA) is 125 Å². The van der Waals surface area contributed by atoms with Crippen LogP contribution >= 0.6 is 0 Å². The highest BCUT2D eigenvalue weighted by Crippen LogP contribution is 2.39. The standard InChI is InChI=1S/C18H24N4O4/c1-11(23)14(15(19)24)21-16(25)13-7-8-18(10-20-17(18)26)22(13)9-12-5-3-2-4-6-12/h2-6,11,13-14,23H,7-10H2,1H3,(H2,19,24)(H,20,26)(H,21,25)/t11-,13?,14+,18?/m1/s1. The predicted octanol–water partition coefficient (Wildman–Crippen LogP) is -1.13. The number of β-lactam (4-membered cyclic amide) rings is 1. The second-order valence-corrected chi connectivity index (χ2v) is 7.01. The first kappa shape index (κ1) is 18.3. The van der Waals surface area contributed by atoms with Crippen molar-refractivity contribution in [3.8, 4) is 0 Å². The summed E-state index contributed by atoms with van der Waals surface area (Å²) in [5, 5.41) is 15.0. The molecule has 0 saturated carbocycles. The Bertz CT molecular complexity index is 708. The van der Waals surface area contributed by atoms with Gasteiger partial charge in [-0.3, -0.25) is 19.3 Å². The molecular formula is C18H24N4O4. The SMILES string of the molecule is C[C@@H](O)[C@H](NC(=O)C1CCC2(CNC2=O)N1Cc1ccccc1)C(N)=O. The Labute approximate surface area is 151 Å². The van der Waals surface area contributed by atoms with Crippen LogP contribution in [0.3, 0.4) is 0 Å². The van der Waals surface area contributed by atoms with Gasteiger partial charge in [0.2, 0.25) is 17.7 Å². The van der Waals surface area contributed by atoms with Crippen molar-refractivity contribution in [3.63, 3.8) is 0 Å². The highest BCUT2D eigenvalue weighted by Gasteiger charge is 2.58. The number of nitrogens with two attached hydrogens (primary N) is 1. The van der Waals surface area contributed by atoms with Crippen molar-refractivity contribution in [2.45, 2.75) is 50.0 Å². The second-order valence-electron chi connectivity index (χ2n) is 7.01. The highest BCUT2D eigenvalue weighted by atomic mass is 16.3. The highest BCUT2D eigenvalue weighted by molar-refractivity contribution is 5.95. The van der Waals surface area contributed by atoms with Gasteiger partial charge in [-0.25, -0.2) is 0 Å². The van der Waals surface area contributed by atoms with E-state index in [2.05, 4.69) is 10.6 Å². The normalized spacial score (nSPS) is 27.5. The van der Waals surface area contributed by atoms with Gasteiger partial charge in [-0.2, -0.15) is 0 Å². The van der Waals surface area contributed by atoms with E-state index in [0.29, 0.717) is 25.9 Å². The predicted molar refractivity (Wildman–Crippen MR) is 93.6 cm³/mol. The Morgan fingerprint density at radius 3 is 2.62 bits per heavy atom. The van der Waals surface area contributed by atoms with E-state index in [0.717, 1.165) is 5.56 Å². The summed E-state index contributed by atoms with van der Waals surface area (Å²) in [5.74, 6) is -1.27. The first-order chi connectivity index (χ1) is 12.3. The molecule has 2 aliphatic rings. The summed E-state index contributed by atoms with van der Waals surface area (Å²) in [6.45, 7) is 2.34. The Kier molecular flexibility index (Phi) is 4.97. The van der Waals surface area contributed by atoms with Crippen LogP contribution in [0.4, 0.5) is 0 Å². The zero-order valence-corrected chi connectivity index (χ0v) is 14.6. The molecule has 3 amide bonds. The van der Waals surface area contributed by atoms with Crippen LogP contribution in [0.2, 0.25) is 0 Å². The zero-order valence-electron chi connectivity index (χ0n) is 14.6. The fourth-order valence-electron chi connectivity index (χ4n) is 3.76. The molecule has 0 aliphatic carbocycles. The lowest BCUT2D eigenvalue weighted by Crippen LogP contribution is -2.72. The number of hydrogen-bond acceptors (Lipinski definition) is 5. The monoisotopic (exact) mass is 360 g/mol. The Hall–Kier alpha value is -2.45. The molecular weight excluding hydrogens is 336 g/mol. The van der Waals surface area contributed by atoms with Crippen molar-refractivity contribution >= 4 is 17.7 Å². The largest absolute Gasteiger partial charge is 0.391 e. The van der Waals surface area contributed by atoms with Crippen LogP contribution in [0.15, 0.2) is 30.3 Å². The molecule has 8 nitrogen and oxygen atoms in total. The number of amides is 3. The van der Waals surface area contributed by atoms with Crippen molar-refractivity contribution < 1.29 is 19.5 Å². The number of carbonyl (C=O) groups is 3. The van der Waals surface area contributed by atoms with Gasteiger partial charge in [0.25, 0.3) is 0 Å². The summed E-state index contributed by atoms with van der Waals surface area (Å²) in [5.41, 5.74) is 5.57. The van der Waals surface area contributed by atoms with E-state index < -0.39 is 35.5 Å². The number of aliphatic hydroxyl groups excluding tert-OH is 1. The minimum Gasteiger partial charge on any atom is -0.391 e. The number of primary amides is 1. The van der Waals surface area contributed by atoms with Crippen molar-refractivity contribution in [1.29, 1.82) is 0 Å². The molecule has 0 bridgehead atoms. The lowest BCUT2D eigenvalue weighted by Gasteiger charge is -2.46. The van der Waals surface area contributed by atoms with Gasteiger partial charge in [0.05, 0.1) is 12.1 Å². The Morgan fingerprint density at radius 1 is 1.42 bits per heavy atom. The maximum Gasteiger partial charge on any atom is 0.242 e. The molecule has 1 aromatic carbocycles. The summed E-state index contributed by atoms with van der Waals surface area (Å²) >= 11 is 0. The summed E-state index contributed by atoms with van der Waals surface area (Å²) in [6.07, 6.45) is -0.0294. The van der Waals surface area contributed by atoms with E-state index in [-0.39, 0.29) is 5.91 Å². The van der Waals surface area contributed by atoms with Gasteiger partial charge in [-0.05, 0) is 25.3 Å². The minimum absolute atomic E-state index is 0.0780. The van der Waals surface area contributed by atoms with Gasteiger partial charge in [-0.15, -0.1) is 0 Å². The number of benzene rings is 1. The van der Waals surface area contributed by atoms with Gasteiger partial charge in [0.15, 0.2) is 0 Å². The van der Waals surface area contributed by atoms with Crippen molar-refractivity contribution in [2.24, 2.45) is 5.73 Å². The van der Waals surface area contributed by atoms with Gasteiger partial charge >= 0.3 is 0 Å². The smallest absolute Gasteiger partial charge is 0.242 e. The van der Waals surface area contributed by atoms with Gasteiger partial charge in [-0.1, -0.05) is 30.3 Å². The summed E-state index contributed by atoms with van der Waals surface area (Å²) in [4.78, 5) is 38.4. The maximum atomic E-state index is 12.8. The molecule has 2 heterocycles. The molecule has 3 rings (SSSR count). The molecule has 5 N–H and O–H groups in total. The third-order valence-corrected chi connectivity index (χ3v) is 5.31. The molecule has 26 heavy (non-hydrogen) atoms. The van der Waals surface area contributed by atoms with Crippen LogP contribution in [0.5, 0.6) is 0 Å². The molecule has 0 radical (unpaired) electrons. The molecule has 8 heteroatoms. The van der Waals surface area contributed by atoms with Crippen LogP contribution in [0, 0.1) is 0 Å². The van der Waals surface area contributed by atoms with Crippen LogP contribution in [0.1, 0.15) is 25.3 Å². The van der Waals surface area contributed by atoms with Crippen molar-refractivity contribution in [1.82, 2.24) is 15.5 Å². The van der Waals surface area contributed by atoms with Gasteiger partial charge in [0, 0.05) is 13.1 Å². The summed E-state index contributed by atoms with van der Waals surface area (Å²) < 4.78 is 0. The van der Waals surface area contributed by atoms with Gasteiger partial charge in [0.1, 0.15) is 11.6 Å². The van der Waals surface area contributed by atoms with Crippen LogP contribution in [-0.2, 0) is 20.9 Å². The van der Waals surface area contributed by atoms with E-state index in [4.69, 9.17) is 5.73 Å². The summed E-state index contributed by atoms with van der Waals surface area (Å²) in [7, 11) is 0. The molecule has 1 aromatic rings. The summed E-state index contributed by atoms with van der Waals surface area (Å²) in [6, 6.07) is 7.88. The van der Waals surface area contributed by atoms with E-state index in [1.807, 2.05) is 35.2 Å². The molecule has 4 atom stereocenters. The lowest BCUT2D eigenvalue weighted by atomic mass is 9.88. The minimum atomic E-state index is -1.16. The lowest BCUT2D eigenvalue weighted by molar-refractivity contribution is -0.145. The number of hydrogen-bond donors (Lipinski definition) is 4. The van der Waals surface area contributed by atoms with Crippen LogP contribution in [0.25, 0.3) is 0 Å². The third-order valence-electron chi connectivity index (χ3n) is 5.31. The first-order valence-corrected chi connectivity index (χ1v) is 8.72. The van der Waals surface area contributed by atoms with Crippen molar-refractivity contribution in [3.05, 3.63) is 35.9 Å². The molecule has 140 valence electrons. The van der Waals surface area contributed by atoms with Crippen LogP contribution < -0.4 is 16.4 Å². The Morgan fingerprint density at radius 2 is 2.12 bits per heavy atom. The third kappa shape index (κ3) is 3.17. The number of rotatable bonds is 6. The number of carbonyl (C=O) groups excluding carboxylic acids is 3. The molecule has 2 fully saturated rings. The molecule has 2 saturated heterocycles.